The van der Waals surface area contributed by atoms with Gasteiger partial charge in [0, 0.05) is 5.02 Å². The van der Waals surface area contributed by atoms with E-state index in [1.165, 1.54) is 4.57 Å². The monoisotopic (exact) mass is 272 g/mol. The molecule has 0 aliphatic carbocycles. The highest BCUT2D eigenvalue weighted by molar-refractivity contribution is 6.31. The number of benzene rings is 1. The highest BCUT2D eigenvalue weighted by Crippen LogP contribution is 2.17. The van der Waals surface area contributed by atoms with Crippen molar-refractivity contribution in [2.75, 3.05) is 0 Å². The van der Waals surface area contributed by atoms with Gasteiger partial charge in [0.15, 0.2) is 0 Å². The summed E-state index contributed by atoms with van der Waals surface area (Å²) in [6, 6.07) is 4.80. The van der Waals surface area contributed by atoms with Crippen LogP contribution in [0.2, 0.25) is 10.3 Å². The number of rotatable bonds is 2. The van der Waals surface area contributed by atoms with Crippen LogP contribution >= 0.6 is 23.2 Å². The molecular formula is C11H10Cl2N2O2. The molecular weight excluding hydrogens is 263 g/mol. The summed E-state index contributed by atoms with van der Waals surface area (Å²) in [6.07, 6.45) is -0.670. The fourth-order valence-corrected chi connectivity index (χ4v) is 1.99. The second-order valence-electron chi connectivity index (χ2n) is 3.81. The van der Waals surface area contributed by atoms with Gasteiger partial charge in [-0.3, -0.25) is 9.36 Å². The maximum absolute atomic E-state index is 12.1. The van der Waals surface area contributed by atoms with Gasteiger partial charge >= 0.3 is 0 Å². The predicted octanol–water partition coefficient (Wildman–Crippen LogP) is 2.08. The molecule has 1 aromatic carbocycles. The van der Waals surface area contributed by atoms with E-state index < -0.39 is 6.10 Å². The van der Waals surface area contributed by atoms with E-state index in [1.807, 2.05) is 0 Å². The zero-order valence-electron chi connectivity index (χ0n) is 9.02. The van der Waals surface area contributed by atoms with Crippen molar-refractivity contribution in [2.45, 2.75) is 19.6 Å². The molecule has 0 bridgehead atoms. The summed E-state index contributed by atoms with van der Waals surface area (Å²) in [6.45, 7) is 1.69. The summed E-state index contributed by atoms with van der Waals surface area (Å²) >= 11 is 11.7. The average Bonchev–Trinajstić information content (AvgIpc) is 2.23. The largest absolute Gasteiger partial charge is 0.392 e. The zero-order chi connectivity index (χ0) is 12.6. The number of aliphatic hydroxyl groups excluding tert-OH is 1. The van der Waals surface area contributed by atoms with Crippen LogP contribution in [0.5, 0.6) is 0 Å². The number of aromatic nitrogens is 2. The van der Waals surface area contributed by atoms with Gasteiger partial charge in [0.2, 0.25) is 5.28 Å². The summed E-state index contributed by atoms with van der Waals surface area (Å²) in [5.41, 5.74) is 0.173. The molecule has 2 rings (SSSR count). The van der Waals surface area contributed by atoms with Crippen LogP contribution in [0, 0.1) is 0 Å². The van der Waals surface area contributed by atoms with E-state index >= 15 is 0 Å². The first-order chi connectivity index (χ1) is 7.99. The molecule has 90 valence electrons. The van der Waals surface area contributed by atoms with Gasteiger partial charge in [0.1, 0.15) is 0 Å². The molecule has 2 aromatic rings. The molecule has 0 aliphatic rings. The Balaban J connectivity index is 2.72. The Morgan fingerprint density at radius 2 is 2.18 bits per heavy atom. The molecule has 0 fully saturated rings. The van der Waals surface area contributed by atoms with E-state index in [2.05, 4.69) is 4.98 Å². The molecule has 0 amide bonds. The van der Waals surface area contributed by atoms with Gasteiger partial charge in [0.05, 0.1) is 23.6 Å². The van der Waals surface area contributed by atoms with Crippen molar-refractivity contribution in [3.63, 3.8) is 0 Å². The maximum Gasteiger partial charge on any atom is 0.262 e. The third kappa shape index (κ3) is 2.44. The number of aliphatic hydroxyl groups is 1. The first kappa shape index (κ1) is 12.4. The Labute approximate surface area is 107 Å². The minimum Gasteiger partial charge on any atom is -0.392 e. The van der Waals surface area contributed by atoms with Gasteiger partial charge in [-0.2, -0.15) is 0 Å². The third-order valence-corrected chi connectivity index (χ3v) is 2.84. The first-order valence-corrected chi connectivity index (χ1v) is 5.78. The van der Waals surface area contributed by atoms with E-state index in [0.29, 0.717) is 15.9 Å². The molecule has 0 aliphatic heterocycles. The lowest BCUT2D eigenvalue weighted by molar-refractivity contribution is 0.172. The zero-order valence-corrected chi connectivity index (χ0v) is 10.5. The summed E-state index contributed by atoms with van der Waals surface area (Å²) in [7, 11) is 0. The third-order valence-electron chi connectivity index (χ3n) is 2.32. The van der Waals surface area contributed by atoms with E-state index in [1.54, 1.807) is 25.1 Å². The van der Waals surface area contributed by atoms with Crippen LogP contribution in [0.4, 0.5) is 0 Å². The van der Waals surface area contributed by atoms with Gasteiger partial charge in [0.25, 0.3) is 5.56 Å². The van der Waals surface area contributed by atoms with E-state index in [4.69, 9.17) is 23.2 Å². The van der Waals surface area contributed by atoms with Crippen LogP contribution < -0.4 is 5.56 Å². The molecule has 0 saturated heterocycles. The molecule has 1 heterocycles. The van der Waals surface area contributed by atoms with Gasteiger partial charge < -0.3 is 5.11 Å². The number of hydrogen-bond acceptors (Lipinski definition) is 3. The van der Waals surface area contributed by atoms with Crippen molar-refractivity contribution in [3.05, 3.63) is 38.9 Å². The molecule has 6 heteroatoms. The number of fused-ring (bicyclic) bond motifs is 1. The molecule has 1 atom stereocenters. The minimum absolute atomic E-state index is 0.0469. The Kier molecular flexibility index (Phi) is 3.38. The normalized spacial score (nSPS) is 12.9. The quantitative estimate of drug-likeness (QED) is 0.852. The molecule has 1 N–H and O–H groups in total. The van der Waals surface area contributed by atoms with Crippen molar-refractivity contribution in [3.8, 4) is 0 Å². The lowest BCUT2D eigenvalue weighted by Crippen LogP contribution is -2.26. The van der Waals surface area contributed by atoms with Crippen LogP contribution in [0.15, 0.2) is 23.0 Å². The van der Waals surface area contributed by atoms with Crippen LogP contribution in [-0.4, -0.2) is 20.8 Å². The van der Waals surface area contributed by atoms with Gasteiger partial charge in [-0.15, -0.1) is 0 Å². The molecule has 0 radical (unpaired) electrons. The maximum atomic E-state index is 12.1. The smallest absolute Gasteiger partial charge is 0.262 e. The van der Waals surface area contributed by atoms with Crippen molar-refractivity contribution in [1.29, 1.82) is 0 Å². The summed E-state index contributed by atoms with van der Waals surface area (Å²) in [5, 5.41) is 10.3. The summed E-state index contributed by atoms with van der Waals surface area (Å²) in [4.78, 5) is 16.2. The average molecular weight is 273 g/mol. The van der Waals surface area contributed by atoms with Crippen LogP contribution in [0.3, 0.4) is 0 Å². The standard InChI is InChI=1S/C11H10Cl2N2O2/c1-6(16)5-15-10(17)8-3-2-7(12)4-9(8)14-11(15)13/h2-4,6,16H,5H2,1H3. The van der Waals surface area contributed by atoms with E-state index in [9.17, 15) is 9.90 Å². The molecule has 0 spiro atoms. The Morgan fingerprint density at radius 1 is 1.47 bits per heavy atom. The molecule has 17 heavy (non-hydrogen) atoms. The molecule has 1 aromatic heterocycles. The van der Waals surface area contributed by atoms with Crippen molar-refractivity contribution < 1.29 is 5.11 Å². The lowest BCUT2D eigenvalue weighted by atomic mass is 10.2. The lowest BCUT2D eigenvalue weighted by Gasteiger charge is -2.10. The van der Waals surface area contributed by atoms with Crippen molar-refractivity contribution in [2.24, 2.45) is 0 Å². The fourth-order valence-electron chi connectivity index (χ4n) is 1.59. The number of nitrogens with zero attached hydrogens (tertiary/aromatic N) is 2. The predicted molar refractivity (Wildman–Crippen MR) is 67.7 cm³/mol. The number of hydrogen-bond donors (Lipinski definition) is 1. The van der Waals surface area contributed by atoms with Crippen LogP contribution in [-0.2, 0) is 6.54 Å². The van der Waals surface area contributed by atoms with E-state index in [0.717, 1.165) is 0 Å². The Hall–Kier alpha value is -1.10. The van der Waals surface area contributed by atoms with Gasteiger partial charge in [-0.25, -0.2) is 4.98 Å². The topological polar surface area (TPSA) is 55.1 Å². The molecule has 0 saturated carbocycles. The highest BCUT2D eigenvalue weighted by Gasteiger charge is 2.11. The molecule has 1 unspecified atom stereocenters. The minimum atomic E-state index is -0.670. The van der Waals surface area contributed by atoms with Crippen LogP contribution in [0.25, 0.3) is 10.9 Å². The molecule has 4 nitrogen and oxygen atoms in total. The van der Waals surface area contributed by atoms with Gasteiger partial charge in [-0.1, -0.05) is 11.6 Å². The summed E-state index contributed by atoms with van der Waals surface area (Å²) < 4.78 is 1.24. The second kappa shape index (κ2) is 4.64. The summed E-state index contributed by atoms with van der Waals surface area (Å²) in [5.74, 6) is 0. The van der Waals surface area contributed by atoms with Crippen molar-refractivity contribution in [1.82, 2.24) is 9.55 Å². The highest BCUT2D eigenvalue weighted by atomic mass is 35.5. The Morgan fingerprint density at radius 3 is 2.82 bits per heavy atom. The van der Waals surface area contributed by atoms with Crippen molar-refractivity contribution >= 4 is 34.1 Å². The first-order valence-electron chi connectivity index (χ1n) is 5.02. The fraction of sp³-hybridized carbons (Fsp3) is 0.273. The van der Waals surface area contributed by atoms with E-state index in [-0.39, 0.29) is 17.4 Å². The van der Waals surface area contributed by atoms with Crippen LogP contribution in [0.1, 0.15) is 6.92 Å². The SMILES string of the molecule is CC(O)Cn1c(Cl)nc2cc(Cl)ccc2c1=O. The Bertz CT molecular complexity index is 623. The number of halogens is 2. The second-order valence-corrected chi connectivity index (χ2v) is 4.58. The van der Waals surface area contributed by atoms with Gasteiger partial charge in [-0.05, 0) is 36.7 Å².